The lowest BCUT2D eigenvalue weighted by atomic mass is 9.98. The summed E-state index contributed by atoms with van der Waals surface area (Å²) < 4.78 is 0. The van der Waals surface area contributed by atoms with Crippen LogP contribution in [0.4, 0.5) is 0 Å². The summed E-state index contributed by atoms with van der Waals surface area (Å²) in [5.41, 5.74) is 16.5. The average Bonchev–Trinajstić information content (AvgIpc) is 2.76. The summed E-state index contributed by atoms with van der Waals surface area (Å²) in [7, 11) is 0. The number of aliphatic imine (C=N–C) groups is 1. The van der Waals surface area contributed by atoms with E-state index in [2.05, 4.69) is 20.9 Å². The number of hydrogen-bond acceptors (Lipinski definition) is 7. The van der Waals surface area contributed by atoms with Crippen LogP contribution in [-0.2, 0) is 24.0 Å². The van der Waals surface area contributed by atoms with Crippen LogP contribution in [0.3, 0.4) is 0 Å². The number of carbonyl (C=O) groups is 5. The fourth-order valence-corrected chi connectivity index (χ4v) is 2.98. The van der Waals surface area contributed by atoms with Crippen LogP contribution in [0.25, 0.3) is 0 Å². The summed E-state index contributed by atoms with van der Waals surface area (Å²) in [5, 5.41) is 25.6. The minimum Gasteiger partial charge on any atom is -0.481 e. The Morgan fingerprint density at radius 3 is 1.89 bits per heavy atom. The lowest BCUT2D eigenvalue weighted by Crippen LogP contribution is -2.58. The molecule has 14 heteroatoms. The zero-order valence-corrected chi connectivity index (χ0v) is 20.6. The van der Waals surface area contributed by atoms with Crippen LogP contribution in [0.1, 0.15) is 53.4 Å². The van der Waals surface area contributed by atoms with Gasteiger partial charge in [0.2, 0.25) is 17.7 Å². The van der Waals surface area contributed by atoms with Crippen LogP contribution in [0, 0.1) is 11.8 Å². The van der Waals surface area contributed by atoms with Crippen LogP contribution in [-0.4, -0.2) is 76.5 Å². The van der Waals surface area contributed by atoms with E-state index >= 15 is 0 Å². The Kier molecular flexibility index (Phi) is 14.0. The predicted octanol–water partition coefficient (Wildman–Crippen LogP) is -1.92. The normalized spacial score (nSPS) is 15.1. The minimum atomic E-state index is -1.58. The Morgan fingerprint density at radius 1 is 0.886 bits per heavy atom. The lowest BCUT2D eigenvalue weighted by Gasteiger charge is -2.26. The maximum Gasteiger partial charge on any atom is 0.326 e. The van der Waals surface area contributed by atoms with Crippen molar-refractivity contribution in [3.05, 3.63) is 0 Å². The molecule has 0 aromatic rings. The number of amides is 3. The van der Waals surface area contributed by atoms with E-state index in [1.165, 1.54) is 0 Å². The number of nitrogens with two attached hydrogens (primary N) is 3. The van der Waals surface area contributed by atoms with Crippen molar-refractivity contribution in [1.82, 2.24) is 16.0 Å². The molecular weight excluding hydrogens is 462 g/mol. The lowest BCUT2D eigenvalue weighted by molar-refractivity contribution is -0.144. The number of hydrogen-bond donors (Lipinski definition) is 8. The van der Waals surface area contributed by atoms with Crippen molar-refractivity contribution < 1.29 is 34.2 Å². The third-order valence-electron chi connectivity index (χ3n) is 5.38. The van der Waals surface area contributed by atoms with Crippen LogP contribution in [0.15, 0.2) is 4.99 Å². The van der Waals surface area contributed by atoms with Gasteiger partial charge < -0.3 is 43.4 Å². The van der Waals surface area contributed by atoms with E-state index in [9.17, 15) is 34.2 Å². The Balaban J connectivity index is 5.66. The Labute approximate surface area is 204 Å². The van der Waals surface area contributed by atoms with Crippen molar-refractivity contribution in [2.75, 3.05) is 6.54 Å². The van der Waals surface area contributed by atoms with Gasteiger partial charge in [-0.2, -0.15) is 0 Å². The molecule has 0 heterocycles. The molecule has 0 aromatic heterocycles. The summed E-state index contributed by atoms with van der Waals surface area (Å²) in [6, 6.07) is -4.94. The Morgan fingerprint density at radius 2 is 1.43 bits per heavy atom. The molecule has 0 rings (SSSR count). The zero-order chi connectivity index (χ0) is 27.3. The zero-order valence-electron chi connectivity index (χ0n) is 20.6. The Hall–Kier alpha value is -3.42. The largest absolute Gasteiger partial charge is 0.481 e. The molecule has 11 N–H and O–H groups in total. The molecule has 0 spiro atoms. The van der Waals surface area contributed by atoms with Gasteiger partial charge in [-0.25, -0.2) is 4.79 Å². The highest BCUT2D eigenvalue weighted by Gasteiger charge is 2.32. The van der Waals surface area contributed by atoms with Crippen molar-refractivity contribution in [3.63, 3.8) is 0 Å². The number of nitrogens with one attached hydrogen (secondary N) is 3. The van der Waals surface area contributed by atoms with Gasteiger partial charge in [0.1, 0.15) is 18.1 Å². The van der Waals surface area contributed by atoms with Crippen molar-refractivity contribution in [2.24, 2.45) is 34.0 Å². The van der Waals surface area contributed by atoms with E-state index in [-0.39, 0.29) is 31.3 Å². The van der Waals surface area contributed by atoms with E-state index < -0.39 is 66.2 Å². The van der Waals surface area contributed by atoms with Gasteiger partial charge in [0.05, 0.1) is 12.5 Å². The fourth-order valence-electron chi connectivity index (χ4n) is 2.98. The smallest absolute Gasteiger partial charge is 0.326 e. The number of aliphatic carboxylic acids is 2. The van der Waals surface area contributed by atoms with Crippen LogP contribution >= 0.6 is 0 Å². The molecule has 5 atom stereocenters. The second kappa shape index (κ2) is 15.5. The number of guanidine groups is 1. The number of carboxylic acid groups (broad SMARTS) is 2. The molecule has 3 amide bonds. The third-order valence-corrected chi connectivity index (χ3v) is 5.38. The van der Waals surface area contributed by atoms with Gasteiger partial charge in [0.15, 0.2) is 5.96 Å². The van der Waals surface area contributed by atoms with Gasteiger partial charge in [0.25, 0.3) is 0 Å². The van der Waals surface area contributed by atoms with E-state index in [1.54, 1.807) is 20.8 Å². The SMILES string of the molecule is CCC(C)C(N)C(=O)NC(CCCN=C(N)N)C(=O)NC(CC(=O)O)C(=O)NC(C(=O)O)C(C)C. The minimum absolute atomic E-state index is 0.0622. The molecule has 200 valence electrons. The fraction of sp³-hybridized carbons (Fsp3) is 0.714. The van der Waals surface area contributed by atoms with Crippen molar-refractivity contribution >= 4 is 35.6 Å². The maximum atomic E-state index is 13.0. The predicted molar refractivity (Wildman–Crippen MR) is 128 cm³/mol. The topological polar surface area (TPSA) is 252 Å². The second-order valence-corrected chi connectivity index (χ2v) is 8.65. The van der Waals surface area contributed by atoms with Crippen molar-refractivity contribution in [2.45, 2.75) is 77.5 Å². The first kappa shape index (κ1) is 31.6. The van der Waals surface area contributed by atoms with Gasteiger partial charge in [0, 0.05) is 6.54 Å². The molecule has 0 aromatic carbocycles. The molecule has 0 saturated heterocycles. The molecule has 0 aliphatic heterocycles. The maximum absolute atomic E-state index is 13.0. The molecule has 0 bridgehead atoms. The number of nitrogens with zero attached hydrogens (tertiary/aromatic N) is 1. The monoisotopic (exact) mass is 501 g/mol. The molecule has 0 fully saturated rings. The van der Waals surface area contributed by atoms with E-state index in [1.807, 2.05) is 6.92 Å². The highest BCUT2D eigenvalue weighted by molar-refractivity contribution is 5.95. The Bertz CT molecular complexity index is 784. The summed E-state index contributed by atoms with van der Waals surface area (Å²) in [4.78, 5) is 64.7. The quantitative estimate of drug-likeness (QED) is 0.0661. The van der Waals surface area contributed by atoms with Gasteiger partial charge in [-0.15, -0.1) is 0 Å². The van der Waals surface area contributed by atoms with Crippen molar-refractivity contribution in [1.29, 1.82) is 0 Å². The van der Waals surface area contributed by atoms with Crippen LogP contribution in [0.5, 0.6) is 0 Å². The van der Waals surface area contributed by atoms with E-state index in [0.29, 0.717) is 6.42 Å². The second-order valence-electron chi connectivity index (χ2n) is 8.65. The van der Waals surface area contributed by atoms with E-state index in [4.69, 9.17) is 17.2 Å². The molecular formula is C21H39N7O7. The first-order chi connectivity index (χ1) is 16.2. The molecule has 0 saturated carbocycles. The summed E-state index contributed by atoms with van der Waals surface area (Å²) in [6.45, 7) is 6.92. The number of carboxylic acids is 2. The first-order valence-corrected chi connectivity index (χ1v) is 11.4. The van der Waals surface area contributed by atoms with Gasteiger partial charge in [-0.05, 0) is 24.7 Å². The number of rotatable bonds is 16. The van der Waals surface area contributed by atoms with Crippen molar-refractivity contribution in [3.8, 4) is 0 Å². The van der Waals surface area contributed by atoms with Gasteiger partial charge in [-0.1, -0.05) is 34.1 Å². The summed E-state index contributed by atoms with van der Waals surface area (Å²) in [6.07, 6.45) is 0.159. The molecule has 14 nitrogen and oxygen atoms in total. The number of carbonyl (C=O) groups excluding carboxylic acids is 3. The van der Waals surface area contributed by atoms with Gasteiger partial charge in [-0.3, -0.25) is 24.2 Å². The summed E-state index contributed by atoms with van der Waals surface area (Å²) in [5.74, 6) is -5.93. The van der Waals surface area contributed by atoms with Crippen LogP contribution < -0.4 is 33.2 Å². The van der Waals surface area contributed by atoms with Crippen LogP contribution in [0.2, 0.25) is 0 Å². The first-order valence-electron chi connectivity index (χ1n) is 11.4. The third kappa shape index (κ3) is 12.0. The molecule has 0 aliphatic rings. The molecule has 5 unspecified atom stereocenters. The molecule has 0 radical (unpaired) electrons. The average molecular weight is 502 g/mol. The molecule has 0 aliphatic carbocycles. The highest BCUT2D eigenvalue weighted by atomic mass is 16.4. The van der Waals surface area contributed by atoms with Gasteiger partial charge >= 0.3 is 11.9 Å². The standard InChI is InChI=1S/C21H39N7O7/c1-5-11(4)15(22)19(33)26-12(7-6-8-25-21(23)24)17(31)27-13(9-14(29)30)18(32)28-16(10(2)3)20(34)35/h10-13,15-16H,5-9,22H2,1-4H3,(H,26,33)(H,27,31)(H,28,32)(H,29,30)(H,34,35)(H4,23,24,25). The van der Waals surface area contributed by atoms with E-state index in [0.717, 1.165) is 0 Å². The molecule has 35 heavy (non-hydrogen) atoms. The summed E-state index contributed by atoms with van der Waals surface area (Å²) >= 11 is 0. The highest BCUT2D eigenvalue weighted by Crippen LogP contribution is 2.08.